The monoisotopic (exact) mass is 347 g/mol. The normalized spacial score (nSPS) is 11.0. The van der Waals surface area contributed by atoms with Crippen molar-refractivity contribution >= 4 is 15.9 Å². The van der Waals surface area contributed by atoms with E-state index in [-0.39, 0.29) is 0 Å². The van der Waals surface area contributed by atoms with E-state index >= 15 is 0 Å². The van der Waals surface area contributed by atoms with Gasteiger partial charge in [-0.2, -0.15) is 0 Å². The summed E-state index contributed by atoms with van der Waals surface area (Å²) >= 11 is 3.59. The summed E-state index contributed by atoms with van der Waals surface area (Å²) in [6, 6.07) is 12.6. The van der Waals surface area contributed by atoms with Gasteiger partial charge in [-0.25, -0.2) is 0 Å². The molecule has 21 heavy (non-hydrogen) atoms. The standard InChI is InChI=1S/C18H22BrNO/c1-12(2)16-7-4-13(3)8-18(16)21-11-15-6-5-14(10-20)9-17(15)19/h4-9,12H,10-11,20H2,1-3H3. The smallest absolute Gasteiger partial charge is 0.123 e. The molecule has 2 aromatic carbocycles. The molecule has 0 amide bonds. The van der Waals surface area contributed by atoms with E-state index < -0.39 is 0 Å². The van der Waals surface area contributed by atoms with E-state index in [0.29, 0.717) is 19.1 Å². The Balaban J connectivity index is 2.18. The summed E-state index contributed by atoms with van der Waals surface area (Å²) in [4.78, 5) is 0. The zero-order valence-electron chi connectivity index (χ0n) is 12.8. The number of aryl methyl sites for hydroxylation is 1. The fourth-order valence-electron chi connectivity index (χ4n) is 2.23. The minimum atomic E-state index is 0.448. The largest absolute Gasteiger partial charge is 0.489 e. The number of halogens is 1. The van der Waals surface area contributed by atoms with E-state index in [2.05, 4.69) is 67.0 Å². The molecule has 0 saturated heterocycles. The van der Waals surface area contributed by atoms with Crippen LogP contribution in [0.1, 0.15) is 42.0 Å². The molecular formula is C18H22BrNO. The number of rotatable bonds is 5. The topological polar surface area (TPSA) is 35.2 Å². The minimum absolute atomic E-state index is 0.448. The van der Waals surface area contributed by atoms with Crippen LogP contribution in [0.2, 0.25) is 0 Å². The highest BCUT2D eigenvalue weighted by atomic mass is 79.9. The van der Waals surface area contributed by atoms with Gasteiger partial charge in [0.15, 0.2) is 0 Å². The summed E-state index contributed by atoms with van der Waals surface area (Å²) in [5.41, 5.74) is 10.4. The second-order valence-electron chi connectivity index (χ2n) is 5.61. The Kier molecular flexibility index (Phi) is 5.43. The second kappa shape index (κ2) is 7.10. The molecule has 2 aromatic rings. The number of benzene rings is 2. The van der Waals surface area contributed by atoms with Crippen LogP contribution >= 0.6 is 15.9 Å². The molecule has 0 heterocycles. The van der Waals surface area contributed by atoms with Crippen LogP contribution in [0.15, 0.2) is 40.9 Å². The molecule has 0 saturated carbocycles. The number of hydrogen-bond acceptors (Lipinski definition) is 2. The number of nitrogens with two attached hydrogens (primary N) is 1. The predicted molar refractivity (Wildman–Crippen MR) is 91.6 cm³/mol. The van der Waals surface area contributed by atoms with Gasteiger partial charge < -0.3 is 10.5 Å². The molecule has 0 aliphatic carbocycles. The molecule has 0 spiro atoms. The van der Waals surface area contributed by atoms with Crippen LogP contribution in [0.5, 0.6) is 5.75 Å². The van der Waals surface area contributed by atoms with Crippen LogP contribution in [-0.2, 0) is 13.2 Å². The Hall–Kier alpha value is -1.32. The summed E-state index contributed by atoms with van der Waals surface area (Å²) in [7, 11) is 0. The third kappa shape index (κ3) is 4.08. The van der Waals surface area contributed by atoms with Crippen molar-refractivity contribution in [2.24, 2.45) is 5.73 Å². The first kappa shape index (κ1) is 16.1. The van der Waals surface area contributed by atoms with Gasteiger partial charge in [-0.15, -0.1) is 0 Å². The van der Waals surface area contributed by atoms with Crippen molar-refractivity contribution in [1.29, 1.82) is 0 Å². The predicted octanol–water partition coefficient (Wildman–Crippen LogP) is 4.92. The number of ether oxygens (including phenoxy) is 1. The Labute approximate surface area is 135 Å². The zero-order chi connectivity index (χ0) is 15.4. The second-order valence-corrected chi connectivity index (χ2v) is 6.47. The van der Waals surface area contributed by atoms with Crippen LogP contribution in [0, 0.1) is 6.92 Å². The average Bonchev–Trinajstić information content (AvgIpc) is 2.45. The lowest BCUT2D eigenvalue weighted by Gasteiger charge is -2.15. The van der Waals surface area contributed by atoms with Gasteiger partial charge in [0.05, 0.1) is 0 Å². The zero-order valence-corrected chi connectivity index (χ0v) is 14.4. The fourth-order valence-corrected chi connectivity index (χ4v) is 2.77. The quantitative estimate of drug-likeness (QED) is 0.832. The Morgan fingerprint density at radius 3 is 2.52 bits per heavy atom. The molecule has 0 aliphatic rings. The molecule has 112 valence electrons. The maximum absolute atomic E-state index is 6.06. The molecule has 0 fully saturated rings. The van der Waals surface area contributed by atoms with Crippen molar-refractivity contribution in [2.75, 3.05) is 0 Å². The molecule has 3 heteroatoms. The molecule has 2 N–H and O–H groups in total. The molecular weight excluding hydrogens is 326 g/mol. The summed E-state index contributed by atoms with van der Waals surface area (Å²) in [5, 5.41) is 0. The number of hydrogen-bond donors (Lipinski definition) is 1. The van der Waals surface area contributed by atoms with Gasteiger partial charge in [-0.1, -0.05) is 54.0 Å². The van der Waals surface area contributed by atoms with Gasteiger partial charge in [0, 0.05) is 16.6 Å². The van der Waals surface area contributed by atoms with Crippen LogP contribution in [-0.4, -0.2) is 0 Å². The van der Waals surface area contributed by atoms with E-state index in [1.165, 1.54) is 11.1 Å². The maximum atomic E-state index is 6.06. The highest BCUT2D eigenvalue weighted by Crippen LogP contribution is 2.29. The van der Waals surface area contributed by atoms with E-state index in [1.807, 2.05) is 6.07 Å². The molecule has 0 unspecified atom stereocenters. The fraction of sp³-hybridized carbons (Fsp3) is 0.333. The molecule has 0 bridgehead atoms. The molecule has 0 aliphatic heterocycles. The lowest BCUT2D eigenvalue weighted by Crippen LogP contribution is -2.02. The van der Waals surface area contributed by atoms with Gasteiger partial charge in [0.2, 0.25) is 0 Å². The Morgan fingerprint density at radius 2 is 1.90 bits per heavy atom. The summed E-state index contributed by atoms with van der Waals surface area (Å²) in [6.45, 7) is 7.56. The van der Waals surface area contributed by atoms with Crippen molar-refractivity contribution in [3.05, 3.63) is 63.1 Å². The van der Waals surface area contributed by atoms with Gasteiger partial charge in [0.25, 0.3) is 0 Å². The first-order valence-corrected chi connectivity index (χ1v) is 8.01. The molecule has 2 rings (SSSR count). The SMILES string of the molecule is Cc1ccc(C(C)C)c(OCc2ccc(CN)cc2Br)c1. The van der Waals surface area contributed by atoms with Crippen LogP contribution in [0.25, 0.3) is 0 Å². The van der Waals surface area contributed by atoms with Gasteiger partial charge in [0.1, 0.15) is 12.4 Å². The molecule has 0 aromatic heterocycles. The van der Waals surface area contributed by atoms with Crippen LogP contribution < -0.4 is 10.5 Å². The summed E-state index contributed by atoms with van der Waals surface area (Å²) < 4.78 is 7.10. The third-order valence-corrected chi connectivity index (χ3v) is 4.27. The van der Waals surface area contributed by atoms with Crippen molar-refractivity contribution in [2.45, 2.75) is 39.8 Å². The van der Waals surface area contributed by atoms with Crippen molar-refractivity contribution < 1.29 is 4.74 Å². The first-order valence-electron chi connectivity index (χ1n) is 7.22. The highest BCUT2D eigenvalue weighted by Gasteiger charge is 2.09. The van der Waals surface area contributed by atoms with Gasteiger partial charge in [-0.3, -0.25) is 0 Å². The molecule has 2 nitrogen and oxygen atoms in total. The highest BCUT2D eigenvalue weighted by molar-refractivity contribution is 9.10. The molecule has 0 atom stereocenters. The van der Waals surface area contributed by atoms with Gasteiger partial charge >= 0.3 is 0 Å². The lowest BCUT2D eigenvalue weighted by molar-refractivity contribution is 0.301. The van der Waals surface area contributed by atoms with Crippen molar-refractivity contribution in [3.8, 4) is 5.75 Å². The van der Waals surface area contributed by atoms with Gasteiger partial charge in [-0.05, 0) is 41.7 Å². The first-order chi connectivity index (χ1) is 10.0. The third-order valence-electron chi connectivity index (χ3n) is 3.53. The summed E-state index contributed by atoms with van der Waals surface area (Å²) in [5.74, 6) is 1.42. The maximum Gasteiger partial charge on any atom is 0.123 e. The van der Waals surface area contributed by atoms with Crippen LogP contribution in [0.3, 0.4) is 0 Å². The lowest BCUT2D eigenvalue weighted by atomic mass is 10.0. The van der Waals surface area contributed by atoms with E-state index in [4.69, 9.17) is 10.5 Å². The van der Waals surface area contributed by atoms with E-state index in [9.17, 15) is 0 Å². The Bertz CT molecular complexity index is 623. The minimum Gasteiger partial charge on any atom is -0.489 e. The van der Waals surface area contributed by atoms with Crippen molar-refractivity contribution in [1.82, 2.24) is 0 Å². The van der Waals surface area contributed by atoms with Crippen molar-refractivity contribution in [3.63, 3.8) is 0 Å². The Morgan fingerprint density at radius 1 is 1.14 bits per heavy atom. The van der Waals surface area contributed by atoms with E-state index in [0.717, 1.165) is 21.3 Å². The van der Waals surface area contributed by atoms with E-state index in [1.54, 1.807) is 0 Å². The molecule has 0 radical (unpaired) electrons. The summed E-state index contributed by atoms with van der Waals surface area (Å²) in [6.07, 6.45) is 0. The van der Waals surface area contributed by atoms with Crippen LogP contribution in [0.4, 0.5) is 0 Å². The average molecular weight is 348 g/mol.